The Morgan fingerprint density at radius 2 is 1.94 bits per heavy atom. The molecule has 4 bridgehead atoms. The second-order valence-electron chi connectivity index (χ2n) is 10.4. The molecule has 7 rings (SSSR count). The lowest BCUT2D eigenvalue weighted by Gasteiger charge is -2.61. The molecule has 3 aromatic rings. The number of nitro groups is 1. The van der Waals surface area contributed by atoms with Crippen LogP contribution in [0.15, 0.2) is 22.7 Å². The van der Waals surface area contributed by atoms with Gasteiger partial charge in [0.05, 0.1) is 21.4 Å². The van der Waals surface area contributed by atoms with E-state index in [-0.39, 0.29) is 21.8 Å². The molecule has 4 aliphatic rings. The van der Waals surface area contributed by atoms with Crippen LogP contribution in [-0.4, -0.2) is 24.8 Å². The predicted octanol–water partition coefficient (Wildman–Crippen LogP) is 6.65. The quantitative estimate of drug-likeness (QED) is 0.275. The second-order valence-corrected chi connectivity index (χ2v) is 11.6. The molecule has 11 heteroatoms. The number of nitrogens with zero attached hydrogens (tertiary/aromatic N) is 5. The lowest BCUT2D eigenvalue weighted by molar-refractivity contribution is -0.389. The summed E-state index contributed by atoms with van der Waals surface area (Å²) in [6.45, 7) is 1.83. The second kappa shape index (κ2) is 7.67. The number of aromatic nitrogens is 4. The van der Waals surface area contributed by atoms with Gasteiger partial charge in [-0.05, 0) is 85.8 Å². The van der Waals surface area contributed by atoms with Crippen molar-refractivity contribution in [1.82, 2.24) is 19.9 Å². The highest BCUT2D eigenvalue weighted by Gasteiger charge is 2.60. The molecule has 0 radical (unpaired) electrons. The average Bonchev–Trinajstić information content (AvgIpc) is 3.31. The van der Waals surface area contributed by atoms with Crippen molar-refractivity contribution in [2.45, 2.75) is 57.4 Å². The maximum Gasteiger partial charge on any atom is 0.408 e. The Labute approximate surface area is 210 Å². The van der Waals surface area contributed by atoms with Crippen molar-refractivity contribution < 1.29 is 9.45 Å². The molecule has 4 aliphatic carbocycles. The van der Waals surface area contributed by atoms with Crippen LogP contribution in [0.25, 0.3) is 11.4 Å². The minimum Gasteiger partial charge on any atom is -0.358 e. The zero-order valence-electron chi connectivity index (χ0n) is 18.4. The van der Waals surface area contributed by atoms with Gasteiger partial charge in [-0.2, -0.15) is 9.67 Å². The van der Waals surface area contributed by atoms with E-state index < -0.39 is 4.92 Å². The van der Waals surface area contributed by atoms with Gasteiger partial charge >= 0.3 is 5.82 Å². The molecule has 4 saturated carbocycles. The molecule has 8 nitrogen and oxygen atoms in total. The number of rotatable bonds is 5. The Balaban J connectivity index is 1.33. The third kappa shape index (κ3) is 3.45. The van der Waals surface area contributed by atoms with Gasteiger partial charge in [-0.3, -0.25) is 0 Å². The third-order valence-corrected chi connectivity index (χ3v) is 8.96. The first kappa shape index (κ1) is 22.3. The van der Waals surface area contributed by atoms with Gasteiger partial charge in [0.1, 0.15) is 0 Å². The minimum atomic E-state index is -0.496. The molecule has 0 aliphatic heterocycles. The third-order valence-electron chi connectivity index (χ3n) is 7.97. The summed E-state index contributed by atoms with van der Waals surface area (Å²) in [6, 6.07) is 5.20. The highest BCUT2D eigenvalue weighted by atomic mass is 35.5. The van der Waals surface area contributed by atoms with Crippen molar-refractivity contribution in [2.75, 3.05) is 0 Å². The van der Waals surface area contributed by atoms with Gasteiger partial charge in [-0.1, -0.05) is 40.0 Å². The van der Waals surface area contributed by atoms with E-state index in [4.69, 9.17) is 39.3 Å². The van der Waals surface area contributed by atoms with Gasteiger partial charge in [-0.15, -0.1) is 0 Å². The van der Waals surface area contributed by atoms with E-state index in [0.29, 0.717) is 51.3 Å². The molecule has 4 fully saturated rings. The number of halogens is 3. The zero-order valence-corrected chi connectivity index (χ0v) is 20.7. The van der Waals surface area contributed by atoms with E-state index >= 15 is 0 Å². The monoisotopic (exact) mass is 521 g/mol. The van der Waals surface area contributed by atoms with Crippen LogP contribution < -0.4 is 0 Å². The van der Waals surface area contributed by atoms with Crippen molar-refractivity contribution in [3.63, 3.8) is 0 Å². The molecule has 178 valence electrons. The smallest absolute Gasteiger partial charge is 0.358 e. The van der Waals surface area contributed by atoms with Crippen LogP contribution in [0.3, 0.4) is 0 Å². The van der Waals surface area contributed by atoms with Crippen LogP contribution >= 0.6 is 34.8 Å². The van der Waals surface area contributed by atoms with Crippen LogP contribution in [0.2, 0.25) is 15.1 Å². The summed E-state index contributed by atoms with van der Waals surface area (Å²) in [6.07, 6.45) is 6.82. The molecule has 0 saturated heterocycles. The van der Waals surface area contributed by atoms with E-state index in [1.165, 1.54) is 6.42 Å². The van der Waals surface area contributed by atoms with Crippen LogP contribution in [0, 0.1) is 34.3 Å². The Morgan fingerprint density at radius 1 is 1.21 bits per heavy atom. The van der Waals surface area contributed by atoms with Gasteiger partial charge in [0, 0.05) is 17.0 Å². The molecular formula is C23H22Cl3N5O3. The van der Waals surface area contributed by atoms with Gasteiger partial charge in [-0.25, -0.2) is 0 Å². The fourth-order valence-electron chi connectivity index (χ4n) is 7.33. The van der Waals surface area contributed by atoms with Gasteiger partial charge in [0.2, 0.25) is 11.7 Å². The van der Waals surface area contributed by atoms with Crippen molar-refractivity contribution in [1.29, 1.82) is 0 Å². The Bertz CT molecular complexity index is 1310. The summed E-state index contributed by atoms with van der Waals surface area (Å²) < 4.78 is 7.54. The number of hydrogen-bond donors (Lipinski definition) is 0. The first-order chi connectivity index (χ1) is 16.2. The summed E-state index contributed by atoms with van der Waals surface area (Å²) in [7, 11) is 0. The number of hydrogen-bond acceptors (Lipinski definition) is 6. The maximum absolute atomic E-state index is 11.5. The topological polar surface area (TPSA) is 99.9 Å². The largest absolute Gasteiger partial charge is 0.408 e. The highest BCUT2D eigenvalue weighted by Crippen LogP contribution is 2.65. The van der Waals surface area contributed by atoms with E-state index in [1.807, 2.05) is 11.6 Å². The van der Waals surface area contributed by atoms with Crippen molar-refractivity contribution in [3.8, 4) is 11.4 Å². The van der Waals surface area contributed by atoms with Crippen molar-refractivity contribution in [3.05, 3.63) is 55.0 Å². The Morgan fingerprint density at radius 3 is 2.59 bits per heavy atom. The summed E-state index contributed by atoms with van der Waals surface area (Å²) >= 11 is 18.7. The Kier molecular flexibility index (Phi) is 5.03. The zero-order chi connectivity index (χ0) is 23.8. The van der Waals surface area contributed by atoms with Crippen molar-refractivity contribution in [2.24, 2.45) is 17.3 Å². The van der Waals surface area contributed by atoms with Crippen LogP contribution in [0.1, 0.15) is 50.1 Å². The SMILES string of the molecule is Cc1c(Cl)c([N+](=O)[O-])nn1C12CC3CC(CC(Cc4nc(-c5ccc(Cl)cc5Cl)no4)(C3)C1)C2. The summed E-state index contributed by atoms with van der Waals surface area (Å²) in [5.74, 6) is 1.85. The molecule has 2 atom stereocenters. The number of benzene rings is 1. The summed E-state index contributed by atoms with van der Waals surface area (Å²) in [4.78, 5) is 15.6. The Hall–Kier alpha value is -2.16. The van der Waals surface area contributed by atoms with E-state index in [2.05, 4.69) is 15.2 Å². The molecule has 2 unspecified atom stereocenters. The molecule has 2 aromatic heterocycles. The molecule has 2 heterocycles. The van der Waals surface area contributed by atoms with Crippen LogP contribution in [0.5, 0.6) is 0 Å². The minimum absolute atomic E-state index is 0.0165. The fourth-order valence-corrected chi connectivity index (χ4v) is 8.01. The summed E-state index contributed by atoms with van der Waals surface area (Å²) in [5, 5.41) is 21.2. The molecule has 34 heavy (non-hydrogen) atoms. The van der Waals surface area contributed by atoms with E-state index in [0.717, 1.165) is 32.1 Å². The predicted molar refractivity (Wildman–Crippen MR) is 127 cm³/mol. The molecule has 0 N–H and O–H groups in total. The normalized spacial score (nSPS) is 29.6. The van der Waals surface area contributed by atoms with Crippen LogP contribution in [0.4, 0.5) is 5.82 Å². The lowest BCUT2D eigenvalue weighted by atomic mass is 9.46. The van der Waals surface area contributed by atoms with Crippen LogP contribution in [-0.2, 0) is 12.0 Å². The molecule has 0 spiro atoms. The van der Waals surface area contributed by atoms with E-state index in [9.17, 15) is 10.1 Å². The average molecular weight is 523 g/mol. The van der Waals surface area contributed by atoms with Crippen molar-refractivity contribution >= 4 is 40.6 Å². The molecular weight excluding hydrogens is 501 g/mol. The highest BCUT2D eigenvalue weighted by molar-refractivity contribution is 6.36. The summed E-state index contributed by atoms with van der Waals surface area (Å²) in [5.41, 5.74) is 1.06. The lowest BCUT2D eigenvalue weighted by Crippen LogP contribution is -2.57. The first-order valence-electron chi connectivity index (χ1n) is 11.3. The first-order valence-corrected chi connectivity index (χ1v) is 12.5. The molecule has 1 aromatic carbocycles. The van der Waals surface area contributed by atoms with Gasteiger partial charge in [0.25, 0.3) is 0 Å². The van der Waals surface area contributed by atoms with Gasteiger partial charge < -0.3 is 14.6 Å². The maximum atomic E-state index is 11.5. The fraction of sp³-hybridized carbons (Fsp3) is 0.522. The van der Waals surface area contributed by atoms with Gasteiger partial charge in [0.15, 0.2) is 5.02 Å². The molecule has 0 amide bonds. The van der Waals surface area contributed by atoms with E-state index in [1.54, 1.807) is 18.2 Å². The standard InChI is InChI=1S/C23H22Cl3N5O3/c1-12-19(26)21(31(32)33)28-30(12)23-8-13-4-14(9-23)7-22(6-13,11-23)10-18-27-20(29-34-18)16-3-2-15(24)5-17(16)25/h2-3,5,13-14H,4,6-11H2,1H3.